The number of aliphatic hydroxyl groups is 2. The zero-order chi connectivity index (χ0) is 42.8. The molecular weight excluding hydrogens is 723 g/mol. The van der Waals surface area contributed by atoms with Crippen molar-refractivity contribution < 1.29 is 15.0 Å². The third-order valence-electron chi connectivity index (χ3n) is 11.1. The molecule has 0 spiro atoms. The third-order valence-corrected chi connectivity index (χ3v) is 11.1. The van der Waals surface area contributed by atoms with Crippen molar-refractivity contribution in [3.8, 4) is 0 Å². The summed E-state index contributed by atoms with van der Waals surface area (Å²) in [7, 11) is 0. The maximum Gasteiger partial charge on any atom is 0.220 e. The number of carbonyl (C=O) groups excluding carboxylic acids is 1. The Morgan fingerprint density at radius 3 is 1.19 bits per heavy atom. The highest BCUT2D eigenvalue weighted by Crippen LogP contribution is 2.16. The van der Waals surface area contributed by atoms with E-state index in [0.29, 0.717) is 6.42 Å². The molecule has 0 aliphatic rings. The minimum Gasteiger partial charge on any atom is -0.394 e. The van der Waals surface area contributed by atoms with Gasteiger partial charge in [0.25, 0.3) is 0 Å². The van der Waals surface area contributed by atoms with Gasteiger partial charge in [-0.1, -0.05) is 247 Å². The average Bonchev–Trinajstić information content (AvgIpc) is 3.24. The van der Waals surface area contributed by atoms with Crippen LogP contribution in [-0.4, -0.2) is 34.9 Å². The largest absolute Gasteiger partial charge is 0.394 e. The minimum absolute atomic E-state index is 0.0770. The van der Waals surface area contributed by atoms with Crippen molar-refractivity contribution in [1.82, 2.24) is 5.32 Å². The van der Waals surface area contributed by atoms with E-state index in [4.69, 9.17) is 0 Å². The van der Waals surface area contributed by atoms with E-state index in [1.165, 1.54) is 154 Å². The second kappa shape index (κ2) is 49.9. The number of carbonyl (C=O) groups is 1. The molecular formula is C55H97NO3. The van der Waals surface area contributed by atoms with Crippen LogP contribution in [0.2, 0.25) is 0 Å². The van der Waals surface area contributed by atoms with Crippen molar-refractivity contribution in [1.29, 1.82) is 0 Å². The van der Waals surface area contributed by atoms with Gasteiger partial charge >= 0.3 is 0 Å². The van der Waals surface area contributed by atoms with Crippen molar-refractivity contribution in [3.05, 3.63) is 85.1 Å². The Bertz CT molecular complexity index is 1070. The molecule has 0 bridgehead atoms. The molecule has 3 N–H and O–H groups in total. The zero-order valence-corrected chi connectivity index (χ0v) is 39.0. The van der Waals surface area contributed by atoms with Crippen LogP contribution < -0.4 is 5.32 Å². The van der Waals surface area contributed by atoms with Gasteiger partial charge in [-0.25, -0.2) is 0 Å². The minimum atomic E-state index is -0.860. The van der Waals surface area contributed by atoms with Gasteiger partial charge in [-0.2, -0.15) is 0 Å². The highest BCUT2D eigenvalue weighted by atomic mass is 16.3. The quantitative estimate of drug-likeness (QED) is 0.0423. The lowest BCUT2D eigenvalue weighted by Crippen LogP contribution is -2.45. The fraction of sp³-hybridized carbons (Fsp3) is 0.727. The van der Waals surface area contributed by atoms with E-state index in [2.05, 4.69) is 92.1 Å². The number of hydrogen-bond acceptors (Lipinski definition) is 3. The number of unbranched alkanes of at least 4 members (excludes halogenated alkanes) is 26. The number of aliphatic hydroxyl groups excluding tert-OH is 2. The van der Waals surface area contributed by atoms with Gasteiger partial charge in [-0.15, -0.1) is 0 Å². The van der Waals surface area contributed by atoms with E-state index in [1.54, 1.807) is 6.08 Å². The first-order chi connectivity index (χ1) is 29.2. The van der Waals surface area contributed by atoms with Crippen LogP contribution in [0.1, 0.15) is 239 Å². The van der Waals surface area contributed by atoms with E-state index in [1.807, 2.05) is 6.08 Å². The van der Waals surface area contributed by atoms with Crippen molar-refractivity contribution in [2.45, 2.75) is 251 Å². The van der Waals surface area contributed by atoms with Gasteiger partial charge in [0.05, 0.1) is 18.8 Å². The highest BCUT2D eigenvalue weighted by Gasteiger charge is 2.17. The normalized spacial score (nSPS) is 13.6. The Morgan fingerprint density at radius 2 is 0.763 bits per heavy atom. The molecule has 0 rings (SSSR count). The third kappa shape index (κ3) is 46.5. The summed E-state index contributed by atoms with van der Waals surface area (Å²) in [5.41, 5.74) is 0. The summed E-state index contributed by atoms with van der Waals surface area (Å²) in [6.45, 7) is 4.11. The molecule has 0 aromatic carbocycles. The fourth-order valence-corrected chi connectivity index (χ4v) is 7.27. The van der Waals surface area contributed by atoms with Crippen LogP contribution in [0.3, 0.4) is 0 Å². The predicted molar refractivity (Wildman–Crippen MR) is 262 cm³/mol. The summed E-state index contributed by atoms with van der Waals surface area (Å²) in [6, 6.07) is -0.637. The molecule has 2 atom stereocenters. The van der Waals surface area contributed by atoms with Crippen LogP contribution >= 0.6 is 0 Å². The molecule has 4 heteroatoms. The molecule has 0 fully saturated rings. The molecule has 0 aromatic rings. The number of nitrogens with one attached hydrogen (secondary N) is 1. The molecule has 0 aromatic heterocycles. The van der Waals surface area contributed by atoms with Crippen LogP contribution in [0, 0.1) is 0 Å². The van der Waals surface area contributed by atoms with Crippen LogP contribution in [0.4, 0.5) is 0 Å². The molecule has 1 amide bonds. The molecule has 4 nitrogen and oxygen atoms in total. The first-order valence-corrected chi connectivity index (χ1v) is 25.3. The van der Waals surface area contributed by atoms with Gasteiger partial charge in [0.15, 0.2) is 0 Å². The molecule has 0 aliphatic carbocycles. The van der Waals surface area contributed by atoms with E-state index >= 15 is 0 Å². The van der Waals surface area contributed by atoms with Gasteiger partial charge in [0.2, 0.25) is 5.91 Å². The van der Waals surface area contributed by atoms with E-state index in [-0.39, 0.29) is 12.5 Å². The van der Waals surface area contributed by atoms with Crippen molar-refractivity contribution in [2.24, 2.45) is 0 Å². The number of allylic oxidation sites excluding steroid dienone is 13. The van der Waals surface area contributed by atoms with Gasteiger partial charge < -0.3 is 15.5 Å². The predicted octanol–water partition coefficient (Wildman–Crippen LogP) is 16.4. The van der Waals surface area contributed by atoms with Crippen molar-refractivity contribution in [2.75, 3.05) is 6.61 Å². The molecule has 0 heterocycles. The van der Waals surface area contributed by atoms with E-state index < -0.39 is 12.1 Å². The van der Waals surface area contributed by atoms with Crippen molar-refractivity contribution >= 4 is 5.91 Å². The molecule has 0 radical (unpaired) electrons. The zero-order valence-electron chi connectivity index (χ0n) is 39.0. The summed E-state index contributed by atoms with van der Waals surface area (Å²) in [6.07, 6.45) is 73.3. The molecule has 2 unspecified atom stereocenters. The van der Waals surface area contributed by atoms with Gasteiger partial charge in [-0.3, -0.25) is 4.79 Å². The Labute approximate surface area is 367 Å². The Hall–Kier alpha value is -2.43. The number of hydrogen-bond donors (Lipinski definition) is 3. The lowest BCUT2D eigenvalue weighted by Gasteiger charge is -2.19. The molecule has 0 saturated heterocycles. The topological polar surface area (TPSA) is 69.6 Å². The van der Waals surface area contributed by atoms with Crippen LogP contribution in [0.15, 0.2) is 85.1 Å². The molecule has 59 heavy (non-hydrogen) atoms. The van der Waals surface area contributed by atoms with Gasteiger partial charge in [0, 0.05) is 6.42 Å². The van der Waals surface area contributed by atoms with Gasteiger partial charge in [0.1, 0.15) is 0 Å². The Morgan fingerprint density at radius 1 is 0.424 bits per heavy atom. The molecule has 340 valence electrons. The maximum absolute atomic E-state index is 12.3. The summed E-state index contributed by atoms with van der Waals surface area (Å²) < 4.78 is 0. The monoisotopic (exact) mass is 820 g/mol. The summed E-state index contributed by atoms with van der Waals surface area (Å²) >= 11 is 0. The lowest BCUT2D eigenvalue weighted by molar-refractivity contribution is -0.123. The first-order valence-electron chi connectivity index (χ1n) is 25.3. The maximum atomic E-state index is 12.3. The Kier molecular flexibility index (Phi) is 47.9. The van der Waals surface area contributed by atoms with Crippen LogP contribution in [-0.2, 0) is 4.79 Å². The molecule has 0 aliphatic heterocycles. The Balaban J connectivity index is 3.40. The standard InChI is InChI=1S/C55H97NO3/c1-3-5-7-9-11-13-14-15-16-17-18-19-20-21-22-23-24-25-26-27-28-29-30-31-32-33-34-35-36-37-38-39-40-41-42-43-45-47-49-51-55(59)56-53(52-57)54(58)50-48-46-44-12-10-8-6-4-2/h5,7,10-13,15-16,18-19,21-22,48,50,53-54,57-58H,3-4,6,8-9,14,17,20,23-47,49,51-52H2,1-2H3,(H,56,59)/b7-5-,12-10+,13-11-,16-15-,19-18-,22-21-,50-48+. The van der Waals surface area contributed by atoms with E-state index in [9.17, 15) is 15.0 Å². The second-order valence-electron chi connectivity index (χ2n) is 16.8. The summed E-state index contributed by atoms with van der Waals surface area (Å²) in [5.74, 6) is -0.0770. The van der Waals surface area contributed by atoms with Crippen LogP contribution in [0.5, 0.6) is 0 Å². The highest BCUT2D eigenvalue weighted by molar-refractivity contribution is 5.76. The summed E-state index contributed by atoms with van der Waals surface area (Å²) in [4.78, 5) is 12.3. The van der Waals surface area contributed by atoms with Crippen LogP contribution in [0.25, 0.3) is 0 Å². The SMILES string of the molecule is CC/C=C\C/C=C\C/C=C\C/C=C\C/C=C\CCCCCCCCCCCCCCCCCCCCCCCCCC(=O)NC(CO)C(O)/C=C/CC/C=C/CCCC. The first kappa shape index (κ1) is 56.6. The smallest absolute Gasteiger partial charge is 0.220 e. The average molecular weight is 820 g/mol. The lowest BCUT2D eigenvalue weighted by atomic mass is 10.0. The van der Waals surface area contributed by atoms with Crippen molar-refractivity contribution in [3.63, 3.8) is 0 Å². The van der Waals surface area contributed by atoms with E-state index in [0.717, 1.165) is 64.2 Å². The second-order valence-corrected chi connectivity index (χ2v) is 16.8. The number of rotatable bonds is 45. The molecule has 0 saturated carbocycles. The number of amides is 1. The summed E-state index contributed by atoms with van der Waals surface area (Å²) in [5, 5.41) is 22.8. The fourth-order valence-electron chi connectivity index (χ4n) is 7.27. The van der Waals surface area contributed by atoms with Gasteiger partial charge in [-0.05, 0) is 70.6 Å².